The summed E-state index contributed by atoms with van der Waals surface area (Å²) in [6, 6.07) is -0.866. The van der Waals surface area contributed by atoms with E-state index in [1.54, 1.807) is 11.8 Å². The van der Waals surface area contributed by atoms with Crippen LogP contribution in [0.2, 0.25) is 5.15 Å². The zero-order valence-electron chi connectivity index (χ0n) is 27.1. The predicted molar refractivity (Wildman–Crippen MR) is 138 cm³/mol. The van der Waals surface area contributed by atoms with Gasteiger partial charge >= 0.3 is 6.09 Å². The van der Waals surface area contributed by atoms with Crippen molar-refractivity contribution in [2.24, 2.45) is 0 Å². The molecule has 3 aliphatic heterocycles. The molecule has 196 valence electrons. The molecule has 2 aromatic rings. The largest absolute Gasteiger partial charge is 0.472 e. The van der Waals surface area contributed by atoms with Gasteiger partial charge in [0.25, 0.3) is 0 Å². The second-order valence-electron chi connectivity index (χ2n) is 10.8. The minimum absolute atomic E-state index is 0.0773. The summed E-state index contributed by atoms with van der Waals surface area (Å²) < 4.78 is 74.2. The van der Waals surface area contributed by atoms with Crippen LogP contribution in [0.1, 0.15) is 60.0 Å². The Bertz CT molecular complexity index is 1400. The molecule has 2 saturated heterocycles. The Balaban J connectivity index is 1.62. The van der Waals surface area contributed by atoms with Crippen molar-refractivity contribution in [1.82, 2.24) is 19.8 Å². The molecule has 0 aliphatic carbocycles. The zero-order valence-corrected chi connectivity index (χ0v) is 21.8. The quantitative estimate of drug-likeness (QED) is 0.543. The third-order valence-corrected chi connectivity index (χ3v) is 7.52. The molecular weight excluding hydrogens is 485 g/mol. The summed E-state index contributed by atoms with van der Waals surface area (Å²) in [5, 5.41) is 0.0782. The SMILES string of the molecule is [2H]C([2H])([2H])N(CCc1nc2c3c(nc(Cl)c(F)c3c1C)O[C@@H](C)[C@@H]1[C@@H]3CC[C@H](CN21)N3C(=O)OC(C)(C)C)C([2H])([2H])[2H]. The summed E-state index contributed by atoms with van der Waals surface area (Å²) in [7, 11) is 0. The van der Waals surface area contributed by atoms with Crippen LogP contribution < -0.4 is 9.64 Å². The Morgan fingerprint density at radius 2 is 2.06 bits per heavy atom. The van der Waals surface area contributed by atoms with E-state index in [0.717, 1.165) is 6.42 Å². The second-order valence-corrected chi connectivity index (χ2v) is 11.2. The van der Waals surface area contributed by atoms with Crippen LogP contribution in [0.5, 0.6) is 5.88 Å². The standard InChI is InChI=1S/C26H35ClFN5O3/c1-13-16(10-11-31(6)7)29-23-19-18(13)20(28)22(27)30-24(19)35-14(2)21-17-9-8-15(12-32(21)23)33(17)25(34)36-26(3,4)5/h14-15,17,21H,8-12H2,1-7H3/t14-,15+,17-,21+/m0/s1/i6D3,7D3. The van der Waals surface area contributed by atoms with E-state index < -0.39 is 37.6 Å². The van der Waals surface area contributed by atoms with Gasteiger partial charge in [-0.15, -0.1) is 0 Å². The number of ether oxygens (including phenoxy) is 2. The van der Waals surface area contributed by atoms with Gasteiger partial charge in [0.15, 0.2) is 11.0 Å². The van der Waals surface area contributed by atoms with Gasteiger partial charge in [-0.3, -0.25) is 4.90 Å². The number of aryl methyl sites for hydroxylation is 1. The Morgan fingerprint density at radius 3 is 2.75 bits per heavy atom. The molecule has 2 fully saturated rings. The molecule has 3 aliphatic rings. The first-order chi connectivity index (χ1) is 19.3. The molecule has 0 N–H and O–H groups in total. The van der Waals surface area contributed by atoms with Gasteiger partial charge in [0.1, 0.15) is 17.5 Å². The first-order valence-electron chi connectivity index (χ1n) is 15.2. The lowest BCUT2D eigenvalue weighted by Crippen LogP contribution is -2.65. The van der Waals surface area contributed by atoms with Crippen LogP contribution in [0.15, 0.2) is 0 Å². The van der Waals surface area contributed by atoms with Crippen molar-refractivity contribution in [3.05, 3.63) is 22.2 Å². The van der Waals surface area contributed by atoms with Gasteiger partial charge in [0.2, 0.25) is 5.88 Å². The van der Waals surface area contributed by atoms with Crippen LogP contribution in [-0.4, -0.2) is 82.7 Å². The van der Waals surface area contributed by atoms with Crippen molar-refractivity contribution in [2.45, 2.75) is 83.7 Å². The Kier molecular flexibility index (Phi) is 4.63. The first-order valence-corrected chi connectivity index (χ1v) is 12.6. The highest BCUT2D eigenvalue weighted by Gasteiger charge is 2.53. The monoisotopic (exact) mass is 525 g/mol. The van der Waals surface area contributed by atoms with E-state index in [0.29, 0.717) is 40.3 Å². The second kappa shape index (κ2) is 8.87. The van der Waals surface area contributed by atoms with Crippen LogP contribution in [0.3, 0.4) is 0 Å². The molecule has 1 amide bonds. The molecule has 0 radical (unpaired) electrons. The van der Waals surface area contributed by atoms with Crippen molar-refractivity contribution in [3.63, 3.8) is 0 Å². The summed E-state index contributed by atoms with van der Waals surface area (Å²) in [4.78, 5) is 26.7. The molecule has 5 heterocycles. The number of amides is 1. The smallest absolute Gasteiger partial charge is 0.410 e. The third kappa shape index (κ3) is 4.14. The molecule has 0 spiro atoms. The fourth-order valence-corrected chi connectivity index (χ4v) is 6.03. The molecule has 10 heteroatoms. The van der Waals surface area contributed by atoms with E-state index in [1.807, 2.05) is 32.6 Å². The molecule has 2 bridgehead atoms. The number of pyridine rings is 2. The maximum atomic E-state index is 15.7. The lowest BCUT2D eigenvalue weighted by Gasteiger charge is -2.48. The molecule has 0 aromatic carbocycles. The number of piperazine rings is 1. The number of carbonyl (C=O) groups excluding carboxylic acids is 1. The minimum Gasteiger partial charge on any atom is -0.472 e. The van der Waals surface area contributed by atoms with Crippen LogP contribution in [-0.2, 0) is 11.2 Å². The predicted octanol–water partition coefficient (Wildman–Crippen LogP) is 4.57. The number of fused-ring (bicyclic) bond motifs is 5. The number of anilines is 1. The van der Waals surface area contributed by atoms with Crippen LogP contribution in [0, 0.1) is 12.7 Å². The van der Waals surface area contributed by atoms with E-state index in [2.05, 4.69) is 4.98 Å². The van der Waals surface area contributed by atoms with Gasteiger partial charge in [-0.25, -0.2) is 14.2 Å². The minimum atomic E-state index is -2.88. The third-order valence-electron chi connectivity index (χ3n) is 7.27. The van der Waals surface area contributed by atoms with E-state index in [-0.39, 0.29) is 47.5 Å². The summed E-state index contributed by atoms with van der Waals surface area (Å²) in [6.45, 7) is 3.19. The summed E-state index contributed by atoms with van der Waals surface area (Å²) in [5.74, 6) is -0.277. The maximum Gasteiger partial charge on any atom is 0.410 e. The molecule has 0 unspecified atom stereocenters. The highest BCUT2D eigenvalue weighted by Crippen LogP contribution is 2.47. The lowest BCUT2D eigenvalue weighted by molar-refractivity contribution is 0.000955. The maximum absolute atomic E-state index is 15.7. The average molecular weight is 526 g/mol. The Labute approximate surface area is 225 Å². The number of carbonyl (C=O) groups is 1. The number of nitrogens with zero attached hydrogens (tertiary/aromatic N) is 5. The van der Waals surface area contributed by atoms with Crippen molar-refractivity contribution in [3.8, 4) is 5.88 Å². The number of hydrogen-bond donors (Lipinski definition) is 0. The van der Waals surface area contributed by atoms with E-state index >= 15 is 4.39 Å². The van der Waals surface area contributed by atoms with Gasteiger partial charge in [-0.1, -0.05) is 11.6 Å². The number of rotatable bonds is 3. The van der Waals surface area contributed by atoms with E-state index in [9.17, 15) is 4.79 Å². The highest BCUT2D eigenvalue weighted by atomic mass is 35.5. The molecule has 0 saturated carbocycles. The molecule has 5 rings (SSSR count). The van der Waals surface area contributed by atoms with Gasteiger partial charge < -0.3 is 19.3 Å². The summed E-state index contributed by atoms with van der Waals surface area (Å²) in [5.41, 5.74) is 0.0427. The topological polar surface area (TPSA) is 71.0 Å². The zero-order chi connectivity index (χ0) is 31.1. The Morgan fingerprint density at radius 1 is 1.31 bits per heavy atom. The molecular formula is C26H35ClFN5O3. The molecule has 2 aromatic heterocycles. The number of likely N-dealkylation sites (N-methyl/N-ethyl adjacent to an activating group) is 1. The van der Waals surface area contributed by atoms with Crippen molar-refractivity contribution >= 4 is 34.3 Å². The lowest BCUT2D eigenvalue weighted by atomic mass is 9.97. The normalized spacial score (nSPS) is 28.3. The highest BCUT2D eigenvalue weighted by molar-refractivity contribution is 6.30. The average Bonchev–Trinajstić information content (AvgIpc) is 3.07. The number of hydrogen-bond acceptors (Lipinski definition) is 7. The Hall–Kier alpha value is -2.39. The fourth-order valence-electron chi connectivity index (χ4n) is 5.86. The molecule has 36 heavy (non-hydrogen) atoms. The van der Waals surface area contributed by atoms with Crippen LogP contribution in [0.4, 0.5) is 15.0 Å². The van der Waals surface area contributed by atoms with E-state index in [1.165, 1.54) is 0 Å². The van der Waals surface area contributed by atoms with Gasteiger partial charge in [-0.05, 0) is 67.0 Å². The van der Waals surface area contributed by atoms with Crippen molar-refractivity contribution in [2.75, 3.05) is 31.9 Å². The molecule has 8 nitrogen and oxygen atoms in total. The van der Waals surface area contributed by atoms with Crippen LogP contribution >= 0.6 is 11.6 Å². The van der Waals surface area contributed by atoms with Crippen molar-refractivity contribution in [1.29, 1.82) is 0 Å². The number of aromatic nitrogens is 2. The molecule has 4 atom stereocenters. The first kappa shape index (κ1) is 18.8. The van der Waals surface area contributed by atoms with Gasteiger partial charge in [-0.2, -0.15) is 4.98 Å². The number of halogens is 2. The summed E-state index contributed by atoms with van der Waals surface area (Å²) in [6.07, 6.45) is 0.443. The van der Waals surface area contributed by atoms with Crippen LogP contribution in [0.25, 0.3) is 10.8 Å². The fraction of sp³-hybridized carbons (Fsp3) is 0.654. The van der Waals surface area contributed by atoms with Gasteiger partial charge in [0.05, 0.1) is 23.5 Å². The van der Waals surface area contributed by atoms with E-state index in [4.69, 9.17) is 34.3 Å². The summed E-state index contributed by atoms with van der Waals surface area (Å²) >= 11 is 6.24. The van der Waals surface area contributed by atoms with Crippen molar-refractivity contribution < 1.29 is 26.9 Å². The van der Waals surface area contributed by atoms with Gasteiger partial charge in [0, 0.05) is 38.8 Å².